The van der Waals surface area contributed by atoms with Crippen LogP contribution in [-0.4, -0.2) is 24.6 Å². The molecule has 2 aromatic carbocycles. The number of benzene rings is 2. The molecular formula is C19H17ClN2O3S. The second kappa shape index (κ2) is 8.69. The van der Waals surface area contributed by atoms with Crippen molar-refractivity contribution in [2.45, 2.75) is 6.42 Å². The Bertz CT molecular complexity index is 898. The van der Waals surface area contributed by atoms with Crippen molar-refractivity contribution in [2.24, 2.45) is 0 Å². The van der Waals surface area contributed by atoms with Crippen LogP contribution in [0.3, 0.4) is 0 Å². The molecule has 26 heavy (non-hydrogen) atoms. The fourth-order valence-corrected chi connectivity index (χ4v) is 3.41. The first-order valence-corrected chi connectivity index (χ1v) is 9.08. The van der Waals surface area contributed by atoms with Gasteiger partial charge in [-0.25, -0.2) is 4.98 Å². The van der Waals surface area contributed by atoms with Gasteiger partial charge in [-0.15, -0.1) is 11.3 Å². The topological polar surface area (TPSA) is 60.5 Å². The Balaban J connectivity index is 1.54. The van der Waals surface area contributed by atoms with Crippen LogP contribution in [-0.2, 0) is 11.2 Å². The fraction of sp³-hybridized carbons (Fsp3) is 0.158. The predicted octanol–water partition coefficient (Wildman–Crippen LogP) is 4.41. The minimum Gasteiger partial charge on any atom is -0.493 e. The molecule has 7 heteroatoms. The molecule has 3 aromatic rings. The maximum atomic E-state index is 12.1. The number of aromatic nitrogens is 1. The molecule has 5 nitrogen and oxygen atoms in total. The average Bonchev–Trinajstić information content (AvgIpc) is 3.07. The Labute approximate surface area is 160 Å². The maximum Gasteiger partial charge on any atom is 0.264 e. The van der Waals surface area contributed by atoms with Crippen molar-refractivity contribution in [3.8, 4) is 11.5 Å². The van der Waals surface area contributed by atoms with Crippen LogP contribution in [0.5, 0.6) is 11.5 Å². The van der Waals surface area contributed by atoms with Crippen LogP contribution in [0.2, 0.25) is 5.02 Å². The van der Waals surface area contributed by atoms with Gasteiger partial charge < -0.3 is 9.47 Å². The third kappa shape index (κ3) is 4.97. The standard InChI is InChI=1S/C19H17ClN2O3S/c1-24-16-7-2-3-8-17(16)25-12-18(23)22-19-21-11-15(26-19)10-13-5-4-6-14(20)9-13/h2-9,11H,10,12H2,1H3,(H,21,22,23). The van der Waals surface area contributed by atoms with E-state index in [-0.39, 0.29) is 12.5 Å². The van der Waals surface area contributed by atoms with Gasteiger partial charge in [0, 0.05) is 22.5 Å². The summed E-state index contributed by atoms with van der Waals surface area (Å²) < 4.78 is 10.7. The fourth-order valence-electron chi connectivity index (χ4n) is 2.33. The lowest BCUT2D eigenvalue weighted by molar-refractivity contribution is -0.118. The zero-order valence-electron chi connectivity index (χ0n) is 14.1. The van der Waals surface area contributed by atoms with Crippen molar-refractivity contribution in [3.05, 3.63) is 70.2 Å². The number of para-hydroxylation sites is 2. The number of ether oxygens (including phenoxy) is 2. The lowest BCUT2D eigenvalue weighted by atomic mass is 10.1. The molecule has 1 amide bonds. The lowest BCUT2D eigenvalue weighted by Gasteiger charge is -2.09. The van der Waals surface area contributed by atoms with Crippen LogP contribution in [0.15, 0.2) is 54.7 Å². The van der Waals surface area contributed by atoms with E-state index in [9.17, 15) is 4.79 Å². The molecule has 0 saturated heterocycles. The number of halogens is 1. The number of methoxy groups -OCH3 is 1. The summed E-state index contributed by atoms with van der Waals surface area (Å²) in [5.41, 5.74) is 1.10. The second-order valence-electron chi connectivity index (χ2n) is 5.43. The third-order valence-corrected chi connectivity index (χ3v) is 4.64. The van der Waals surface area contributed by atoms with Crippen molar-refractivity contribution < 1.29 is 14.3 Å². The van der Waals surface area contributed by atoms with E-state index in [1.807, 2.05) is 36.4 Å². The minimum atomic E-state index is -0.278. The molecule has 0 aliphatic carbocycles. The molecule has 1 N–H and O–H groups in total. The smallest absolute Gasteiger partial charge is 0.264 e. The summed E-state index contributed by atoms with van der Waals surface area (Å²) in [7, 11) is 1.55. The van der Waals surface area contributed by atoms with Gasteiger partial charge >= 0.3 is 0 Å². The van der Waals surface area contributed by atoms with E-state index in [1.54, 1.807) is 25.4 Å². The predicted molar refractivity (Wildman–Crippen MR) is 103 cm³/mol. The van der Waals surface area contributed by atoms with Crippen molar-refractivity contribution in [1.29, 1.82) is 0 Å². The third-order valence-electron chi connectivity index (χ3n) is 3.50. The lowest BCUT2D eigenvalue weighted by Crippen LogP contribution is -2.20. The molecule has 1 heterocycles. The number of rotatable bonds is 7. The van der Waals surface area contributed by atoms with Gasteiger partial charge in [-0.05, 0) is 29.8 Å². The molecule has 0 aliphatic heterocycles. The molecule has 0 saturated carbocycles. The van der Waals surface area contributed by atoms with E-state index in [4.69, 9.17) is 21.1 Å². The molecule has 134 valence electrons. The Morgan fingerprint density at radius 2 is 2.00 bits per heavy atom. The quantitative estimate of drug-likeness (QED) is 0.651. The number of carbonyl (C=O) groups is 1. The largest absolute Gasteiger partial charge is 0.493 e. The number of amides is 1. The monoisotopic (exact) mass is 388 g/mol. The van der Waals surface area contributed by atoms with Gasteiger partial charge in [-0.2, -0.15) is 0 Å². The number of nitrogens with one attached hydrogen (secondary N) is 1. The second-order valence-corrected chi connectivity index (χ2v) is 6.98. The van der Waals surface area contributed by atoms with E-state index < -0.39 is 0 Å². The Kier molecular flexibility index (Phi) is 6.09. The summed E-state index contributed by atoms with van der Waals surface area (Å²) in [5.74, 6) is 0.823. The van der Waals surface area contributed by atoms with Gasteiger partial charge in [0.05, 0.1) is 7.11 Å². The zero-order chi connectivity index (χ0) is 18.4. The number of carbonyl (C=O) groups excluding carboxylic acids is 1. The van der Waals surface area contributed by atoms with Gasteiger partial charge in [-0.1, -0.05) is 35.9 Å². The van der Waals surface area contributed by atoms with Crippen LogP contribution in [0, 0.1) is 0 Å². The normalized spacial score (nSPS) is 10.4. The Morgan fingerprint density at radius 3 is 2.77 bits per heavy atom. The molecule has 0 fully saturated rings. The highest BCUT2D eigenvalue weighted by Gasteiger charge is 2.10. The van der Waals surface area contributed by atoms with Crippen LogP contribution in [0.25, 0.3) is 0 Å². The van der Waals surface area contributed by atoms with Crippen LogP contribution in [0.4, 0.5) is 5.13 Å². The van der Waals surface area contributed by atoms with Gasteiger partial charge in [0.2, 0.25) is 0 Å². The van der Waals surface area contributed by atoms with Crippen molar-refractivity contribution in [3.63, 3.8) is 0 Å². The molecule has 1 aromatic heterocycles. The molecule has 0 atom stereocenters. The summed E-state index contributed by atoms with van der Waals surface area (Å²) in [4.78, 5) is 17.3. The first-order chi connectivity index (χ1) is 12.6. The van der Waals surface area contributed by atoms with Gasteiger partial charge in [-0.3, -0.25) is 10.1 Å². The number of thiazole rings is 1. The molecule has 0 spiro atoms. The summed E-state index contributed by atoms with van der Waals surface area (Å²) in [6, 6.07) is 14.9. The highest BCUT2D eigenvalue weighted by molar-refractivity contribution is 7.15. The number of nitrogens with zero attached hydrogens (tertiary/aromatic N) is 1. The van der Waals surface area contributed by atoms with E-state index >= 15 is 0 Å². The van der Waals surface area contributed by atoms with Crippen molar-refractivity contribution >= 4 is 34.0 Å². The molecular weight excluding hydrogens is 372 g/mol. The molecule has 0 unspecified atom stereocenters. The highest BCUT2D eigenvalue weighted by atomic mass is 35.5. The molecule has 0 bridgehead atoms. The summed E-state index contributed by atoms with van der Waals surface area (Å²) in [6.07, 6.45) is 2.47. The Morgan fingerprint density at radius 1 is 1.19 bits per heavy atom. The molecule has 0 aliphatic rings. The molecule has 3 rings (SSSR count). The Hall–Kier alpha value is -2.57. The summed E-state index contributed by atoms with van der Waals surface area (Å²) in [5, 5.41) is 3.98. The highest BCUT2D eigenvalue weighted by Crippen LogP contribution is 2.26. The van der Waals surface area contributed by atoms with Crippen LogP contribution >= 0.6 is 22.9 Å². The van der Waals surface area contributed by atoms with E-state index in [0.717, 1.165) is 10.4 Å². The first kappa shape index (κ1) is 18.2. The SMILES string of the molecule is COc1ccccc1OCC(=O)Nc1ncc(Cc2cccc(Cl)c2)s1. The van der Waals surface area contributed by atoms with Crippen molar-refractivity contribution in [2.75, 3.05) is 19.0 Å². The van der Waals surface area contributed by atoms with Crippen molar-refractivity contribution in [1.82, 2.24) is 4.98 Å². The number of hydrogen-bond acceptors (Lipinski definition) is 5. The average molecular weight is 389 g/mol. The van der Waals surface area contributed by atoms with Gasteiger partial charge in [0.1, 0.15) is 0 Å². The van der Waals surface area contributed by atoms with Crippen LogP contribution < -0.4 is 14.8 Å². The molecule has 0 radical (unpaired) electrons. The minimum absolute atomic E-state index is 0.121. The van der Waals surface area contributed by atoms with E-state index in [1.165, 1.54) is 11.3 Å². The van der Waals surface area contributed by atoms with E-state index in [0.29, 0.717) is 28.1 Å². The first-order valence-electron chi connectivity index (χ1n) is 7.89. The number of hydrogen-bond donors (Lipinski definition) is 1. The van der Waals surface area contributed by atoms with Gasteiger partial charge in [0.15, 0.2) is 23.2 Å². The van der Waals surface area contributed by atoms with Crippen LogP contribution in [0.1, 0.15) is 10.4 Å². The number of anilines is 1. The van der Waals surface area contributed by atoms with E-state index in [2.05, 4.69) is 10.3 Å². The van der Waals surface area contributed by atoms with Gasteiger partial charge in [0.25, 0.3) is 5.91 Å². The zero-order valence-corrected chi connectivity index (χ0v) is 15.6. The summed E-state index contributed by atoms with van der Waals surface area (Å²) >= 11 is 7.42. The maximum absolute atomic E-state index is 12.1. The summed E-state index contributed by atoms with van der Waals surface area (Å²) in [6.45, 7) is -0.121.